The molecule has 0 radical (unpaired) electrons. The smallest absolute Gasteiger partial charge is 0.254 e. The molecule has 3 heteroatoms. The van der Waals surface area contributed by atoms with Crippen LogP contribution in [0.3, 0.4) is 0 Å². The van der Waals surface area contributed by atoms with Crippen molar-refractivity contribution in [2.24, 2.45) is 5.92 Å². The second kappa shape index (κ2) is 3.92. The van der Waals surface area contributed by atoms with Gasteiger partial charge >= 0.3 is 0 Å². The molecule has 4 rings (SSSR count). The number of hydrogen-bond acceptors (Lipinski definition) is 2. The van der Waals surface area contributed by atoms with E-state index in [0.29, 0.717) is 5.92 Å². The van der Waals surface area contributed by atoms with Gasteiger partial charge in [0, 0.05) is 42.4 Å². The first-order valence-corrected chi connectivity index (χ1v) is 6.64. The molecule has 19 heavy (non-hydrogen) atoms. The molecule has 2 heterocycles. The lowest BCUT2D eigenvalue weighted by atomic mass is 10.0. The zero-order valence-corrected chi connectivity index (χ0v) is 10.5. The minimum atomic E-state index is 0.138. The number of rotatable bonds is 1. The van der Waals surface area contributed by atoms with Crippen LogP contribution in [-0.4, -0.2) is 28.9 Å². The Morgan fingerprint density at radius 3 is 3.16 bits per heavy atom. The van der Waals surface area contributed by atoms with Gasteiger partial charge in [-0.1, -0.05) is 23.8 Å². The number of aromatic nitrogens is 1. The minimum absolute atomic E-state index is 0.138. The molecule has 94 valence electrons. The zero-order valence-electron chi connectivity index (χ0n) is 10.5. The van der Waals surface area contributed by atoms with Crippen molar-refractivity contribution in [2.75, 3.05) is 13.1 Å². The molecule has 1 unspecified atom stereocenters. The summed E-state index contributed by atoms with van der Waals surface area (Å²) in [6.45, 7) is 1.64. The SMILES string of the molecule is O=C(c1cccc2cnccc12)N1CC=C2CC2C1. The molecule has 1 atom stereocenters. The molecule has 0 spiro atoms. The second-order valence-corrected chi connectivity index (χ2v) is 5.29. The highest BCUT2D eigenvalue weighted by Gasteiger charge is 2.36. The van der Waals surface area contributed by atoms with Gasteiger partial charge in [0.15, 0.2) is 0 Å². The summed E-state index contributed by atoms with van der Waals surface area (Å²) in [5, 5.41) is 2.01. The Labute approximate surface area is 111 Å². The molecule has 1 fully saturated rings. The van der Waals surface area contributed by atoms with E-state index in [1.54, 1.807) is 12.4 Å². The van der Waals surface area contributed by atoms with Crippen LogP contribution < -0.4 is 0 Å². The second-order valence-electron chi connectivity index (χ2n) is 5.29. The monoisotopic (exact) mass is 250 g/mol. The Morgan fingerprint density at radius 2 is 2.26 bits per heavy atom. The topological polar surface area (TPSA) is 33.2 Å². The molecule has 2 aromatic rings. The molecule has 0 N–H and O–H groups in total. The third-order valence-corrected chi connectivity index (χ3v) is 4.06. The van der Waals surface area contributed by atoms with E-state index < -0.39 is 0 Å². The standard InChI is InChI=1S/C16H14N2O/c19-16(18-7-5-11-8-13(11)10-18)15-3-1-2-12-9-17-6-4-14(12)15/h1-6,9,13H,7-8,10H2. The van der Waals surface area contributed by atoms with Gasteiger partial charge in [0.25, 0.3) is 5.91 Å². The van der Waals surface area contributed by atoms with Crippen LogP contribution in [0.25, 0.3) is 10.8 Å². The number of pyridine rings is 1. The van der Waals surface area contributed by atoms with Gasteiger partial charge in [-0.2, -0.15) is 0 Å². The van der Waals surface area contributed by atoms with E-state index in [0.717, 1.165) is 29.4 Å². The van der Waals surface area contributed by atoms with E-state index in [2.05, 4.69) is 11.1 Å². The molecular weight excluding hydrogens is 236 g/mol. The molecule has 0 saturated heterocycles. The molecule has 3 nitrogen and oxygen atoms in total. The third kappa shape index (κ3) is 1.73. The van der Waals surface area contributed by atoms with E-state index in [1.165, 1.54) is 12.0 Å². The summed E-state index contributed by atoms with van der Waals surface area (Å²) in [4.78, 5) is 18.7. The molecule has 1 aromatic heterocycles. The van der Waals surface area contributed by atoms with Gasteiger partial charge in [-0.15, -0.1) is 0 Å². The maximum Gasteiger partial charge on any atom is 0.254 e. The van der Waals surface area contributed by atoms with Crippen molar-refractivity contribution in [3.63, 3.8) is 0 Å². The van der Waals surface area contributed by atoms with E-state index in [1.807, 2.05) is 29.2 Å². The highest BCUT2D eigenvalue weighted by atomic mass is 16.2. The van der Waals surface area contributed by atoms with Crippen LogP contribution in [0.15, 0.2) is 48.3 Å². The van der Waals surface area contributed by atoms with E-state index >= 15 is 0 Å². The number of carbonyl (C=O) groups excluding carboxylic acids is 1. The zero-order chi connectivity index (χ0) is 12.8. The van der Waals surface area contributed by atoms with Gasteiger partial charge in [0.05, 0.1) is 0 Å². The first-order valence-electron chi connectivity index (χ1n) is 6.64. The summed E-state index contributed by atoms with van der Waals surface area (Å²) < 4.78 is 0. The fourth-order valence-corrected chi connectivity index (χ4v) is 2.87. The first-order chi connectivity index (χ1) is 9.33. The van der Waals surface area contributed by atoms with Crippen LogP contribution in [0.1, 0.15) is 16.8 Å². The number of nitrogens with zero attached hydrogens (tertiary/aromatic N) is 2. The number of hydrogen-bond donors (Lipinski definition) is 0. The molecule has 0 bridgehead atoms. The van der Waals surface area contributed by atoms with Gasteiger partial charge in [0.2, 0.25) is 0 Å². The molecule has 1 amide bonds. The van der Waals surface area contributed by atoms with E-state index in [4.69, 9.17) is 0 Å². The highest BCUT2D eigenvalue weighted by molar-refractivity contribution is 6.06. The average molecular weight is 250 g/mol. The largest absolute Gasteiger partial charge is 0.334 e. The van der Waals surface area contributed by atoms with Crippen LogP contribution in [0.5, 0.6) is 0 Å². The van der Waals surface area contributed by atoms with Crippen molar-refractivity contribution in [1.82, 2.24) is 9.88 Å². The summed E-state index contributed by atoms with van der Waals surface area (Å²) >= 11 is 0. The van der Waals surface area contributed by atoms with Crippen LogP contribution in [0, 0.1) is 5.92 Å². The maximum atomic E-state index is 12.7. The molecule has 1 aliphatic carbocycles. The summed E-state index contributed by atoms with van der Waals surface area (Å²) in [7, 11) is 0. The molecule has 1 aromatic carbocycles. The molecular formula is C16H14N2O. The Bertz CT molecular complexity index is 699. The molecule has 2 aliphatic rings. The Kier molecular flexibility index (Phi) is 2.21. The quantitative estimate of drug-likeness (QED) is 0.729. The summed E-state index contributed by atoms with van der Waals surface area (Å²) in [5.41, 5.74) is 2.32. The predicted octanol–water partition coefficient (Wildman–Crippen LogP) is 2.64. The summed E-state index contributed by atoms with van der Waals surface area (Å²) in [5.74, 6) is 0.772. The first kappa shape index (κ1) is 10.7. The van der Waals surface area contributed by atoms with Gasteiger partial charge in [0.1, 0.15) is 0 Å². The van der Waals surface area contributed by atoms with E-state index in [-0.39, 0.29) is 5.91 Å². The fraction of sp³-hybridized carbons (Fsp3) is 0.250. The van der Waals surface area contributed by atoms with Crippen molar-refractivity contribution < 1.29 is 4.79 Å². The van der Waals surface area contributed by atoms with Crippen LogP contribution in [0.2, 0.25) is 0 Å². The number of fused-ring (bicyclic) bond motifs is 2. The number of carbonyl (C=O) groups is 1. The Hall–Kier alpha value is -2.16. The number of benzene rings is 1. The predicted molar refractivity (Wildman–Crippen MR) is 73.8 cm³/mol. The average Bonchev–Trinajstić information content (AvgIpc) is 3.24. The van der Waals surface area contributed by atoms with Crippen molar-refractivity contribution in [2.45, 2.75) is 6.42 Å². The van der Waals surface area contributed by atoms with Crippen molar-refractivity contribution >= 4 is 16.7 Å². The lowest BCUT2D eigenvalue weighted by Gasteiger charge is -2.23. The van der Waals surface area contributed by atoms with Gasteiger partial charge in [-0.25, -0.2) is 0 Å². The maximum absolute atomic E-state index is 12.7. The van der Waals surface area contributed by atoms with Crippen LogP contribution in [-0.2, 0) is 0 Å². The molecule has 1 saturated carbocycles. The molecule has 1 aliphatic heterocycles. The van der Waals surface area contributed by atoms with Crippen molar-refractivity contribution in [3.8, 4) is 0 Å². The lowest BCUT2D eigenvalue weighted by molar-refractivity contribution is 0.0766. The van der Waals surface area contributed by atoms with Crippen molar-refractivity contribution in [3.05, 3.63) is 53.9 Å². The van der Waals surface area contributed by atoms with Gasteiger partial charge in [-0.05, 0) is 23.9 Å². The van der Waals surface area contributed by atoms with Crippen molar-refractivity contribution in [1.29, 1.82) is 0 Å². The van der Waals surface area contributed by atoms with Gasteiger partial charge < -0.3 is 4.90 Å². The Morgan fingerprint density at radius 1 is 1.32 bits per heavy atom. The Balaban J connectivity index is 1.74. The van der Waals surface area contributed by atoms with Crippen LogP contribution >= 0.6 is 0 Å². The van der Waals surface area contributed by atoms with Crippen LogP contribution in [0.4, 0.5) is 0 Å². The fourth-order valence-electron chi connectivity index (χ4n) is 2.87. The summed E-state index contributed by atoms with van der Waals surface area (Å²) in [6.07, 6.45) is 6.94. The number of amides is 1. The highest BCUT2D eigenvalue weighted by Crippen LogP contribution is 2.41. The van der Waals surface area contributed by atoms with Gasteiger partial charge in [-0.3, -0.25) is 9.78 Å². The third-order valence-electron chi connectivity index (χ3n) is 4.06. The lowest BCUT2D eigenvalue weighted by Crippen LogP contribution is -2.34. The normalized spacial score (nSPS) is 20.9. The minimum Gasteiger partial charge on any atom is -0.334 e. The summed E-state index contributed by atoms with van der Waals surface area (Å²) in [6, 6.07) is 7.76. The van der Waals surface area contributed by atoms with E-state index in [9.17, 15) is 4.79 Å².